The average Bonchev–Trinajstić information content (AvgIpc) is 3.04. The Morgan fingerprint density at radius 2 is 1.57 bits per heavy atom. The van der Waals surface area contributed by atoms with Crippen LogP contribution in [0.4, 0.5) is 5.69 Å². The minimum atomic E-state index is -0.674. The lowest BCUT2D eigenvalue weighted by Crippen LogP contribution is -2.29. The van der Waals surface area contributed by atoms with Gasteiger partial charge in [0.15, 0.2) is 6.61 Å². The van der Waals surface area contributed by atoms with E-state index in [1.165, 1.54) is 24.3 Å². The molecular formula is C20H17ClN2O5. The van der Waals surface area contributed by atoms with Crippen molar-refractivity contribution in [2.45, 2.75) is 19.4 Å². The lowest BCUT2D eigenvalue weighted by atomic mass is 10.2. The number of nitrogens with one attached hydrogen (secondary N) is 1. The van der Waals surface area contributed by atoms with Gasteiger partial charge in [0, 0.05) is 24.4 Å². The van der Waals surface area contributed by atoms with Crippen LogP contribution in [0, 0.1) is 0 Å². The molecule has 144 valence electrons. The Morgan fingerprint density at radius 1 is 0.964 bits per heavy atom. The van der Waals surface area contributed by atoms with E-state index < -0.39 is 18.5 Å². The summed E-state index contributed by atoms with van der Waals surface area (Å²) in [5.74, 6) is -1.64. The number of nitrogens with zero attached hydrogens (tertiary/aromatic N) is 1. The molecule has 0 aliphatic carbocycles. The van der Waals surface area contributed by atoms with Crippen LogP contribution in [-0.4, -0.2) is 30.3 Å². The zero-order valence-corrected chi connectivity index (χ0v) is 15.6. The largest absolute Gasteiger partial charge is 0.452 e. The maximum absolute atomic E-state index is 12.1. The molecule has 3 rings (SSSR count). The number of hydrogen-bond donors (Lipinski definition) is 1. The molecule has 7 nitrogen and oxygen atoms in total. The predicted octanol–water partition coefficient (Wildman–Crippen LogP) is 2.47. The van der Waals surface area contributed by atoms with E-state index in [1.54, 1.807) is 24.3 Å². The van der Waals surface area contributed by atoms with Crippen molar-refractivity contribution in [3.05, 3.63) is 64.7 Å². The zero-order valence-electron chi connectivity index (χ0n) is 14.8. The molecule has 3 amide bonds. The van der Waals surface area contributed by atoms with Crippen molar-refractivity contribution in [3.63, 3.8) is 0 Å². The highest BCUT2D eigenvalue weighted by molar-refractivity contribution is 6.30. The summed E-state index contributed by atoms with van der Waals surface area (Å²) in [5, 5.41) is 3.25. The molecule has 1 aliphatic rings. The number of esters is 1. The summed E-state index contributed by atoms with van der Waals surface area (Å²) in [5.41, 5.74) is 1.49. The minimum absolute atomic E-state index is 0.188. The van der Waals surface area contributed by atoms with E-state index in [0.717, 1.165) is 10.5 Å². The van der Waals surface area contributed by atoms with Crippen LogP contribution >= 0.6 is 11.6 Å². The first-order valence-corrected chi connectivity index (χ1v) is 8.96. The number of carbonyl (C=O) groups is 4. The fourth-order valence-corrected chi connectivity index (χ4v) is 2.81. The highest BCUT2D eigenvalue weighted by Crippen LogP contribution is 2.22. The van der Waals surface area contributed by atoms with Crippen LogP contribution in [0.2, 0.25) is 5.02 Å². The van der Waals surface area contributed by atoms with Crippen LogP contribution < -0.4 is 10.2 Å². The van der Waals surface area contributed by atoms with E-state index in [-0.39, 0.29) is 30.2 Å². The molecule has 0 bridgehead atoms. The van der Waals surface area contributed by atoms with Gasteiger partial charge in [0.05, 0.1) is 11.3 Å². The number of anilines is 1. The van der Waals surface area contributed by atoms with Gasteiger partial charge in [0.25, 0.3) is 5.91 Å². The summed E-state index contributed by atoms with van der Waals surface area (Å²) in [7, 11) is 0. The van der Waals surface area contributed by atoms with Gasteiger partial charge in [0.2, 0.25) is 11.8 Å². The summed E-state index contributed by atoms with van der Waals surface area (Å²) in [6, 6.07) is 12.9. The number of carbonyl (C=O) groups excluding carboxylic acids is 4. The number of amides is 3. The molecule has 1 N–H and O–H groups in total. The van der Waals surface area contributed by atoms with Crippen LogP contribution in [0.15, 0.2) is 48.5 Å². The van der Waals surface area contributed by atoms with Crippen molar-refractivity contribution in [1.82, 2.24) is 5.32 Å². The van der Waals surface area contributed by atoms with Crippen LogP contribution in [0.25, 0.3) is 0 Å². The first-order valence-electron chi connectivity index (χ1n) is 8.58. The van der Waals surface area contributed by atoms with E-state index in [9.17, 15) is 19.2 Å². The molecule has 0 spiro atoms. The average molecular weight is 401 g/mol. The second kappa shape index (κ2) is 8.67. The molecule has 2 aromatic rings. The molecule has 1 aliphatic heterocycles. The van der Waals surface area contributed by atoms with Gasteiger partial charge in [-0.15, -0.1) is 0 Å². The number of hydrogen-bond acceptors (Lipinski definition) is 5. The summed E-state index contributed by atoms with van der Waals surface area (Å²) in [4.78, 5) is 48.4. The first-order chi connectivity index (χ1) is 13.4. The quantitative estimate of drug-likeness (QED) is 0.594. The molecule has 28 heavy (non-hydrogen) atoms. The second-order valence-corrected chi connectivity index (χ2v) is 6.59. The summed E-state index contributed by atoms with van der Waals surface area (Å²) < 4.78 is 4.99. The molecular weight excluding hydrogens is 384 g/mol. The van der Waals surface area contributed by atoms with E-state index in [4.69, 9.17) is 16.3 Å². The standard InChI is InChI=1S/C20H17ClN2O5/c21-15-5-1-13(2-6-15)11-22-17(24)12-28-20(27)14-3-7-16(8-4-14)23-18(25)9-10-19(23)26/h1-8H,9-12H2,(H,22,24). The lowest BCUT2D eigenvalue weighted by Gasteiger charge is -2.14. The predicted molar refractivity (Wildman–Crippen MR) is 102 cm³/mol. The molecule has 0 saturated carbocycles. The van der Waals surface area contributed by atoms with Gasteiger partial charge in [-0.2, -0.15) is 0 Å². The zero-order chi connectivity index (χ0) is 20.1. The third kappa shape index (κ3) is 4.75. The van der Waals surface area contributed by atoms with E-state index in [2.05, 4.69) is 5.32 Å². The lowest BCUT2D eigenvalue weighted by molar-refractivity contribution is -0.124. The van der Waals surface area contributed by atoms with Crippen molar-refractivity contribution in [3.8, 4) is 0 Å². The van der Waals surface area contributed by atoms with Crippen LogP contribution in [0.5, 0.6) is 0 Å². The van der Waals surface area contributed by atoms with Gasteiger partial charge >= 0.3 is 5.97 Å². The molecule has 0 atom stereocenters. The summed E-state index contributed by atoms with van der Waals surface area (Å²) in [6.45, 7) is -0.128. The Balaban J connectivity index is 1.49. The number of imide groups is 1. The van der Waals surface area contributed by atoms with Crippen LogP contribution in [0.3, 0.4) is 0 Å². The summed E-state index contributed by atoms with van der Waals surface area (Å²) >= 11 is 5.80. The van der Waals surface area contributed by atoms with Crippen molar-refractivity contribution in [2.75, 3.05) is 11.5 Å². The normalized spacial score (nSPS) is 13.5. The maximum Gasteiger partial charge on any atom is 0.338 e. The SMILES string of the molecule is O=C(COC(=O)c1ccc(N2C(=O)CCC2=O)cc1)NCc1ccc(Cl)cc1. The highest BCUT2D eigenvalue weighted by atomic mass is 35.5. The number of rotatable bonds is 6. The Bertz CT molecular complexity index is 893. The van der Waals surface area contributed by atoms with E-state index in [1.807, 2.05) is 0 Å². The molecule has 0 radical (unpaired) electrons. The fourth-order valence-electron chi connectivity index (χ4n) is 2.68. The Hall–Kier alpha value is -3.19. The topological polar surface area (TPSA) is 92.8 Å². The Labute approximate surface area is 166 Å². The first kappa shape index (κ1) is 19.6. The van der Waals surface area contributed by atoms with Gasteiger partial charge in [-0.25, -0.2) is 4.79 Å². The second-order valence-electron chi connectivity index (χ2n) is 6.15. The van der Waals surface area contributed by atoms with E-state index >= 15 is 0 Å². The number of halogens is 1. The number of ether oxygens (including phenoxy) is 1. The molecule has 0 unspecified atom stereocenters. The summed E-state index contributed by atoms with van der Waals surface area (Å²) in [6.07, 6.45) is 0.377. The third-order valence-corrected chi connectivity index (χ3v) is 4.40. The van der Waals surface area contributed by atoms with E-state index in [0.29, 0.717) is 17.3 Å². The van der Waals surface area contributed by atoms with Gasteiger partial charge in [-0.1, -0.05) is 23.7 Å². The third-order valence-electron chi connectivity index (χ3n) is 4.15. The van der Waals surface area contributed by atoms with Crippen LogP contribution in [-0.2, 0) is 25.7 Å². The van der Waals surface area contributed by atoms with Gasteiger partial charge < -0.3 is 10.1 Å². The molecule has 0 aromatic heterocycles. The van der Waals surface area contributed by atoms with Gasteiger partial charge in [-0.05, 0) is 42.0 Å². The Morgan fingerprint density at radius 3 is 2.18 bits per heavy atom. The fraction of sp³-hybridized carbons (Fsp3) is 0.200. The molecule has 2 aromatic carbocycles. The molecule has 1 saturated heterocycles. The molecule has 1 fully saturated rings. The highest BCUT2D eigenvalue weighted by Gasteiger charge is 2.30. The minimum Gasteiger partial charge on any atom is -0.452 e. The van der Waals surface area contributed by atoms with Gasteiger partial charge in [0.1, 0.15) is 0 Å². The van der Waals surface area contributed by atoms with Crippen molar-refractivity contribution in [1.29, 1.82) is 0 Å². The number of benzene rings is 2. The monoisotopic (exact) mass is 400 g/mol. The van der Waals surface area contributed by atoms with Crippen molar-refractivity contribution < 1.29 is 23.9 Å². The smallest absolute Gasteiger partial charge is 0.338 e. The van der Waals surface area contributed by atoms with Crippen molar-refractivity contribution in [2.24, 2.45) is 0 Å². The Kier molecular flexibility index (Phi) is 6.06. The maximum atomic E-state index is 12.1. The van der Waals surface area contributed by atoms with Gasteiger partial charge in [-0.3, -0.25) is 19.3 Å². The molecule has 1 heterocycles. The molecule has 8 heteroatoms. The van der Waals surface area contributed by atoms with Crippen molar-refractivity contribution >= 4 is 41.0 Å². The van der Waals surface area contributed by atoms with Crippen LogP contribution in [0.1, 0.15) is 28.8 Å².